The molecule has 31 heavy (non-hydrogen) atoms. The lowest BCUT2D eigenvalue weighted by Crippen LogP contribution is -2.47. The number of ether oxygens (including phenoxy) is 1. The molecule has 0 amide bonds. The molecule has 5 rings (SSSR count). The van der Waals surface area contributed by atoms with Crippen LogP contribution in [0.4, 0.5) is 5.82 Å². The van der Waals surface area contributed by atoms with Crippen molar-refractivity contribution in [3.8, 4) is 17.0 Å². The first kappa shape index (κ1) is 19.5. The van der Waals surface area contributed by atoms with Gasteiger partial charge < -0.3 is 9.64 Å². The van der Waals surface area contributed by atoms with E-state index in [2.05, 4.69) is 63.2 Å². The first-order valence-corrected chi connectivity index (χ1v) is 10.6. The summed E-state index contributed by atoms with van der Waals surface area (Å²) in [6, 6.07) is 21.0. The Bertz CT molecular complexity index is 1170. The largest absolute Gasteiger partial charge is 0.497 e. The van der Waals surface area contributed by atoms with Crippen LogP contribution in [0.1, 0.15) is 18.5 Å². The monoisotopic (exact) mass is 414 g/mol. The van der Waals surface area contributed by atoms with E-state index in [0.29, 0.717) is 11.8 Å². The summed E-state index contributed by atoms with van der Waals surface area (Å²) >= 11 is 0. The van der Waals surface area contributed by atoms with E-state index in [-0.39, 0.29) is 0 Å². The van der Waals surface area contributed by atoms with Gasteiger partial charge in [-0.3, -0.25) is 4.90 Å². The summed E-state index contributed by atoms with van der Waals surface area (Å²) in [7, 11) is 1.71. The highest BCUT2D eigenvalue weighted by Gasteiger charge is 2.24. The molecule has 7 nitrogen and oxygen atoms in total. The standard InChI is InChI=1S/C24H26N6O/c1-18(20-9-6-10-21(15-20)31-2)28-11-13-29(14-12-28)23-16-22(19-7-4-3-5-8-19)27-24-25-17-26-30(23)24/h3-10,15-18H,11-14H2,1-2H3. The van der Waals surface area contributed by atoms with Gasteiger partial charge in [-0.05, 0) is 24.6 Å². The first-order chi connectivity index (χ1) is 15.2. The molecule has 1 atom stereocenters. The van der Waals surface area contributed by atoms with Crippen molar-refractivity contribution in [1.29, 1.82) is 0 Å². The van der Waals surface area contributed by atoms with Gasteiger partial charge in [0.25, 0.3) is 5.78 Å². The summed E-state index contributed by atoms with van der Waals surface area (Å²) in [5.74, 6) is 2.57. The molecule has 7 heteroatoms. The smallest absolute Gasteiger partial charge is 0.254 e. The fourth-order valence-corrected chi connectivity index (χ4v) is 4.23. The van der Waals surface area contributed by atoms with Crippen molar-refractivity contribution in [3.05, 3.63) is 72.6 Å². The number of piperazine rings is 1. The van der Waals surface area contributed by atoms with Gasteiger partial charge in [0, 0.05) is 43.9 Å². The van der Waals surface area contributed by atoms with Gasteiger partial charge in [-0.1, -0.05) is 42.5 Å². The van der Waals surface area contributed by atoms with Gasteiger partial charge in [0.05, 0.1) is 12.8 Å². The third kappa shape index (κ3) is 3.84. The van der Waals surface area contributed by atoms with E-state index in [4.69, 9.17) is 9.72 Å². The van der Waals surface area contributed by atoms with E-state index in [1.807, 2.05) is 28.8 Å². The van der Waals surface area contributed by atoms with E-state index >= 15 is 0 Å². The number of hydrogen-bond donors (Lipinski definition) is 0. The Hall–Kier alpha value is -3.45. The average Bonchev–Trinajstić information content (AvgIpc) is 3.32. The van der Waals surface area contributed by atoms with Crippen LogP contribution in [0.3, 0.4) is 0 Å². The van der Waals surface area contributed by atoms with E-state index in [9.17, 15) is 0 Å². The lowest BCUT2D eigenvalue weighted by atomic mass is 10.1. The predicted octanol–water partition coefficient (Wildman–Crippen LogP) is 3.68. The summed E-state index contributed by atoms with van der Waals surface area (Å²) < 4.78 is 7.24. The van der Waals surface area contributed by atoms with Crippen LogP contribution in [0, 0.1) is 0 Å². The van der Waals surface area contributed by atoms with Gasteiger partial charge in [-0.25, -0.2) is 4.98 Å². The molecule has 4 aromatic rings. The molecule has 1 fully saturated rings. The zero-order valence-corrected chi connectivity index (χ0v) is 17.8. The molecule has 3 heterocycles. The maximum Gasteiger partial charge on any atom is 0.254 e. The van der Waals surface area contributed by atoms with Gasteiger partial charge in [0.15, 0.2) is 0 Å². The third-order valence-corrected chi connectivity index (χ3v) is 6.06. The number of benzene rings is 2. The topological polar surface area (TPSA) is 58.8 Å². The van der Waals surface area contributed by atoms with Crippen LogP contribution >= 0.6 is 0 Å². The van der Waals surface area contributed by atoms with Gasteiger partial charge in [-0.2, -0.15) is 14.6 Å². The number of anilines is 1. The van der Waals surface area contributed by atoms with E-state index in [1.165, 1.54) is 5.56 Å². The van der Waals surface area contributed by atoms with Crippen LogP contribution < -0.4 is 9.64 Å². The molecular formula is C24H26N6O. The van der Waals surface area contributed by atoms with Gasteiger partial charge in [0.2, 0.25) is 0 Å². The molecule has 1 unspecified atom stereocenters. The van der Waals surface area contributed by atoms with Crippen molar-refractivity contribution in [2.24, 2.45) is 0 Å². The quantitative estimate of drug-likeness (QED) is 0.497. The summed E-state index contributed by atoms with van der Waals surface area (Å²) in [5.41, 5.74) is 3.28. The number of rotatable bonds is 5. The maximum atomic E-state index is 5.40. The van der Waals surface area contributed by atoms with Crippen LogP contribution in [0.5, 0.6) is 5.75 Å². The first-order valence-electron chi connectivity index (χ1n) is 10.6. The fraction of sp³-hybridized carbons (Fsp3) is 0.292. The highest BCUT2D eigenvalue weighted by molar-refractivity contribution is 5.65. The minimum Gasteiger partial charge on any atom is -0.497 e. The van der Waals surface area contributed by atoms with Crippen LogP contribution in [-0.2, 0) is 0 Å². The van der Waals surface area contributed by atoms with Crippen LogP contribution in [0.25, 0.3) is 17.0 Å². The van der Waals surface area contributed by atoms with E-state index in [0.717, 1.165) is 49.0 Å². The van der Waals surface area contributed by atoms with Crippen molar-refractivity contribution in [2.45, 2.75) is 13.0 Å². The molecule has 2 aromatic heterocycles. The molecule has 0 saturated carbocycles. The number of methoxy groups -OCH3 is 1. The highest BCUT2D eigenvalue weighted by atomic mass is 16.5. The fourth-order valence-electron chi connectivity index (χ4n) is 4.23. The Morgan fingerprint density at radius 3 is 2.52 bits per heavy atom. The molecule has 0 spiro atoms. The second-order valence-electron chi connectivity index (χ2n) is 7.81. The second-order valence-corrected chi connectivity index (χ2v) is 7.81. The van der Waals surface area contributed by atoms with Gasteiger partial charge >= 0.3 is 0 Å². The molecule has 2 aromatic carbocycles. The SMILES string of the molecule is COc1cccc(C(C)N2CCN(c3cc(-c4ccccc4)nc4ncnn34)CC2)c1. The second kappa shape index (κ2) is 8.35. The molecule has 158 valence electrons. The third-order valence-electron chi connectivity index (χ3n) is 6.06. The van der Waals surface area contributed by atoms with Crippen molar-refractivity contribution >= 4 is 11.6 Å². The van der Waals surface area contributed by atoms with E-state index < -0.39 is 0 Å². The minimum atomic E-state index is 0.334. The zero-order chi connectivity index (χ0) is 21.2. The van der Waals surface area contributed by atoms with Gasteiger partial charge in [0.1, 0.15) is 17.9 Å². The number of fused-ring (bicyclic) bond motifs is 1. The number of nitrogens with zero attached hydrogens (tertiary/aromatic N) is 6. The minimum absolute atomic E-state index is 0.334. The molecule has 0 aliphatic carbocycles. The lowest BCUT2D eigenvalue weighted by Gasteiger charge is -2.39. The molecule has 0 radical (unpaired) electrons. The maximum absolute atomic E-state index is 5.40. The summed E-state index contributed by atoms with van der Waals surface area (Å²) in [6.07, 6.45) is 1.57. The Labute approximate surface area is 181 Å². The van der Waals surface area contributed by atoms with Crippen molar-refractivity contribution < 1.29 is 4.74 Å². The van der Waals surface area contributed by atoms with Crippen LogP contribution in [0.2, 0.25) is 0 Å². The molecule has 1 aliphatic rings. The number of aromatic nitrogens is 4. The lowest BCUT2D eigenvalue weighted by molar-refractivity contribution is 0.197. The molecular weight excluding hydrogens is 388 g/mol. The summed E-state index contributed by atoms with van der Waals surface area (Å²) in [6.45, 7) is 6.04. The van der Waals surface area contributed by atoms with Crippen molar-refractivity contribution in [3.63, 3.8) is 0 Å². The molecule has 1 saturated heterocycles. The van der Waals surface area contributed by atoms with Gasteiger partial charge in [-0.15, -0.1) is 0 Å². The number of hydrogen-bond acceptors (Lipinski definition) is 6. The zero-order valence-electron chi connectivity index (χ0n) is 17.8. The Balaban J connectivity index is 1.37. The Kier molecular flexibility index (Phi) is 5.26. The highest BCUT2D eigenvalue weighted by Crippen LogP contribution is 2.28. The summed E-state index contributed by atoms with van der Waals surface area (Å²) in [5, 5.41) is 4.42. The van der Waals surface area contributed by atoms with Crippen molar-refractivity contribution in [1.82, 2.24) is 24.5 Å². The van der Waals surface area contributed by atoms with Crippen LogP contribution in [-0.4, -0.2) is 57.8 Å². The molecule has 0 bridgehead atoms. The van der Waals surface area contributed by atoms with E-state index in [1.54, 1.807) is 13.4 Å². The predicted molar refractivity (Wildman–Crippen MR) is 121 cm³/mol. The Morgan fingerprint density at radius 2 is 1.74 bits per heavy atom. The molecule has 0 N–H and O–H groups in total. The van der Waals surface area contributed by atoms with Crippen LogP contribution in [0.15, 0.2) is 67.0 Å². The normalized spacial score (nSPS) is 15.9. The summed E-state index contributed by atoms with van der Waals surface area (Å²) in [4.78, 5) is 13.9. The molecule has 1 aliphatic heterocycles. The van der Waals surface area contributed by atoms with Crippen molar-refractivity contribution in [2.75, 3.05) is 38.2 Å². The Morgan fingerprint density at radius 1 is 0.935 bits per heavy atom. The average molecular weight is 415 g/mol.